The van der Waals surface area contributed by atoms with Gasteiger partial charge in [-0.1, -0.05) is 12.1 Å². The van der Waals surface area contributed by atoms with Crippen molar-refractivity contribution in [2.75, 3.05) is 16.4 Å². The normalized spacial score (nSPS) is 11.4. The predicted molar refractivity (Wildman–Crippen MR) is 121 cm³/mol. The number of urea groups is 1. The summed E-state index contributed by atoms with van der Waals surface area (Å²) >= 11 is 0. The van der Waals surface area contributed by atoms with E-state index in [2.05, 4.69) is 20.7 Å². The lowest BCUT2D eigenvalue weighted by Crippen LogP contribution is -2.20. The number of hydrogen-bond acceptors (Lipinski definition) is 5. The first-order valence-corrected chi connectivity index (χ1v) is 10.3. The third-order valence-corrected chi connectivity index (χ3v) is 5.19. The van der Waals surface area contributed by atoms with E-state index in [9.17, 15) is 27.2 Å². The molecule has 12 heteroatoms. The number of halogens is 4. The minimum Gasteiger partial charge on any atom is -0.382 e. The SMILES string of the molecule is Nc1ncnn2cc(CCC=O)c(-c3ccc(NC(=O)Nc4cc(C(F)(F)F)ccc4F)cc3)c12. The van der Waals surface area contributed by atoms with Gasteiger partial charge in [0.2, 0.25) is 0 Å². The number of nitrogens with one attached hydrogen (secondary N) is 2. The predicted octanol–water partition coefficient (Wildman–Crippen LogP) is 4.91. The van der Waals surface area contributed by atoms with E-state index in [-0.39, 0.29) is 5.82 Å². The molecule has 0 radical (unpaired) electrons. The van der Waals surface area contributed by atoms with E-state index in [0.717, 1.165) is 17.4 Å². The number of fused-ring (bicyclic) bond motifs is 1. The molecule has 2 aromatic heterocycles. The summed E-state index contributed by atoms with van der Waals surface area (Å²) in [5, 5.41) is 8.68. The van der Waals surface area contributed by atoms with Gasteiger partial charge >= 0.3 is 12.2 Å². The first-order chi connectivity index (χ1) is 16.7. The molecular formula is C23H18F4N6O2. The lowest BCUT2D eigenvalue weighted by Gasteiger charge is -2.12. The van der Waals surface area contributed by atoms with Crippen LogP contribution in [0.15, 0.2) is 55.0 Å². The number of aldehydes is 1. The van der Waals surface area contributed by atoms with Gasteiger partial charge in [-0.25, -0.2) is 18.7 Å². The molecule has 0 spiro atoms. The van der Waals surface area contributed by atoms with Gasteiger partial charge in [0.1, 0.15) is 23.9 Å². The van der Waals surface area contributed by atoms with E-state index < -0.39 is 29.3 Å². The number of aryl methyl sites for hydroxylation is 1. The van der Waals surface area contributed by atoms with Gasteiger partial charge in [-0.15, -0.1) is 0 Å². The van der Waals surface area contributed by atoms with E-state index in [1.165, 1.54) is 6.33 Å². The minimum absolute atomic E-state index is 0.247. The molecule has 4 rings (SSSR count). The van der Waals surface area contributed by atoms with Crippen molar-refractivity contribution in [1.29, 1.82) is 0 Å². The van der Waals surface area contributed by atoms with Gasteiger partial charge in [0.25, 0.3) is 0 Å². The Hall–Kier alpha value is -4.48. The number of benzene rings is 2. The van der Waals surface area contributed by atoms with Crippen LogP contribution in [0.3, 0.4) is 0 Å². The Kier molecular flexibility index (Phi) is 6.36. The molecule has 0 saturated heterocycles. The Morgan fingerprint density at radius 2 is 1.86 bits per heavy atom. The number of rotatable bonds is 6. The van der Waals surface area contributed by atoms with Crippen LogP contribution in [0.25, 0.3) is 16.6 Å². The molecule has 180 valence electrons. The fourth-order valence-corrected chi connectivity index (χ4v) is 3.61. The lowest BCUT2D eigenvalue weighted by molar-refractivity contribution is -0.137. The largest absolute Gasteiger partial charge is 0.416 e. The van der Waals surface area contributed by atoms with Gasteiger partial charge in [0.15, 0.2) is 5.82 Å². The van der Waals surface area contributed by atoms with Crippen LogP contribution < -0.4 is 16.4 Å². The molecule has 8 nitrogen and oxygen atoms in total. The zero-order valence-corrected chi connectivity index (χ0v) is 17.9. The number of carbonyl (C=O) groups is 2. The van der Waals surface area contributed by atoms with Gasteiger partial charge in [0, 0.05) is 23.9 Å². The van der Waals surface area contributed by atoms with Gasteiger partial charge < -0.3 is 21.2 Å². The van der Waals surface area contributed by atoms with Crippen molar-refractivity contribution in [2.24, 2.45) is 0 Å². The second-order valence-electron chi connectivity index (χ2n) is 7.52. The van der Waals surface area contributed by atoms with Gasteiger partial charge in [-0.2, -0.15) is 18.3 Å². The summed E-state index contributed by atoms with van der Waals surface area (Å²) in [5.41, 5.74) is 7.48. The van der Waals surface area contributed by atoms with Gasteiger partial charge in [0.05, 0.1) is 11.3 Å². The number of nitrogens with two attached hydrogens (primary N) is 1. The highest BCUT2D eigenvalue weighted by Gasteiger charge is 2.31. The maximum Gasteiger partial charge on any atom is 0.416 e. The Balaban J connectivity index is 1.56. The molecule has 0 bridgehead atoms. The molecule has 0 fully saturated rings. The fraction of sp³-hybridized carbons (Fsp3) is 0.130. The van der Waals surface area contributed by atoms with Crippen molar-refractivity contribution in [1.82, 2.24) is 14.6 Å². The number of nitrogen functional groups attached to an aromatic ring is 1. The van der Waals surface area contributed by atoms with Gasteiger partial charge in [-0.3, -0.25) is 0 Å². The van der Waals surface area contributed by atoms with Crippen LogP contribution in [0.2, 0.25) is 0 Å². The molecule has 2 heterocycles. The first kappa shape index (κ1) is 23.7. The summed E-state index contributed by atoms with van der Waals surface area (Å²) in [5.74, 6) is -0.760. The second kappa shape index (κ2) is 9.41. The van der Waals surface area contributed by atoms with Crippen molar-refractivity contribution >= 4 is 35.0 Å². The molecule has 0 aliphatic heterocycles. The molecule has 0 saturated carbocycles. The number of aromatic nitrogens is 3. The molecule has 0 aliphatic rings. The van der Waals surface area contributed by atoms with Crippen LogP contribution in [-0.2, 0) is 17.4 Å². The molecule has 4 N–H and O–H groups in total. The highest BCUT2D eigenvalue weighted by atomic mass is 19.4. The molecule has 0 aliphatic carbocycles. The first-order valence-electron chi connectivity index (χ1n) is 10.3. The monoisotopic (exact) mass is 486 g/mol. The van der Waals surface area contributed by atoms with Crippen LogP contribution in [0.4, 0.5) is 39.5 Å². The highest BCUT2D eigenvalue weighted by Crippen LogP contribution is 2.34. The second-order valence-corrected chi connectivity index (χ2v) is 7.52. The Bertz CT molecular complexity index is 1400. The average Bonchev–Trinajstić information content (AvgIpc) is 3.18. The molecule has 4 aromatic rings. The summed E-state index contributed by atoms with van der Waals surface area (Å²) in [4.78, 5) is 27.2. The molecule has 2 aromatic carbocycles. The molecular weight excluding hydrogens is 468 g/mol. The topological polar surface area (TPSA) is 114 Å². The fourth-order valence-electron chi connectivity index (χ4n) is 3.61. The molecule has 2 amide bonds. The van der Waals surface area contributed by atoms with Crippen molar-refractivity contribution in [3.05, 3.63) is 71.9 Å². The van der Waals surface area contributed by atoms with Crippen molar-refractivity contribution < 1.29 is 27.2 Å². The van der Waals surface area contributed by atoms with Crippen LogP contribution in [0.5, 0.6) is 0 Å². The van der Waals surface area contributed by atoms with Crippen molar-refractivity contribution in [2.45, 2.75) is 19.0 Å². The Morgan fingerprint density at radius 1 is 1.11 bits per heavy atom. The molecule has 0 atom stereocenters. The van der Waals surface area contributed by atoms with Crippen molar-refractivity contribution in [3.63, 3.8) is 0 Å². The zero-order chi connectivity index (χ0) is 25.2. The third kappa shape index (κ3) is 5.05. The quantitative estimate of drug-likeness (QED) is 0.265. The summed E-state index contributed by atoms with van der Waals surface area (Å²) in [7, 11) is 0. The smallest absolute Gasteiger partial charge is 0.382 e. The maximum atomic E-state index is 13.9. The van der Waals surface area contributed by atoms with E-state index >= 15 is 0 Å². The number of hydrogen-bond donors (Lipinski definition) is 3. The van der Waals surface area contributed by atoms with Gasteiger partial charge in [-0.05, 0) is 47.9 Å². The number of nitrogens with zero attached hydrogens (tertiary/aromatic N) is 3. The lowest BCUT2D eigenvalue weighted by atomic mass is 9.99. The van der Waals surface area contributed by atoms with Crippen LogP contribution >= 0.6 is 0 Å². The van der Waals surface area contributed by atoms with E-state index in [0.29, 0.717) is 47.8 Å². The van der Waals surface area contributed by atoms with E-state index in [1.807, 2.05) is 0 Å². The minimum atomic E-state index is -4.68. The molecule has 0 unspecified atom stereocenters. The van der Waals surface area contributed by atoms with Crippen LogP contribution in [0.1, 0.15) is 17.5 Å². The Labute approximate surface area is 195 Å². The zero-order valence-electron chi connectivity index (χ0n) is 17.9. The Morgan fingerprint density at radius 3 is 2.54 bits per heavy atom. The highest BCUT2D eigenvalue weighted by molar-refractivity contribution is 6.00. The summed E-state index contributed by atoms with van der Waals surface area (Å²) < 4.78 is 54.1. The molecule has 35 heavy (non-hydrogen) atoms. The maximum absolute atomic E-state index is 13.9. The van der Waals surface area contributed by atoms with Crippen LogP contribution in [0, 0.1) is 5.82 Å². The van der Waals surface area contributed by atoms with E-state index in [4.69, 9.17) is 5.73 Å². The average molecular weight is 486 g/mol. The number of carbonyl (C=O) groups excluding carboxylic acids is 2. The van der Waals surface area contributed by atoms with E-state index in [1.54, 1.807) is 35.0 Å². The number of amides is 2. The van der Waals surface area contributed by atoms with Crippen LogP contribution in [-0.4, -0.2) is 26.9 Å². The summed E-state index contributed by atoms with van der Waals surface area (Å²) in [6.45, 7) is 0. The number of alkyl halides is 3. The number of anilines is 3. The summed E-state index contributed by atoms with van der Waals surface area (Å²) in [6.07, 6.45) is -0.0572. The standard InChI is InChI=1S/C23H18F4N6O2/c24-17-8-5-15(23(25,26)27)10-18(17)32-22(35)31-16-6-3-13(4-7-16)19-14(2-1-9-34)11-33-20(19)21(28)29-12-30-33/h3-12H,1-2H2,(H2,28,29,30)(H2,31,32,35). The summed E-state index contributed by atoms with van der Waals surface area (Å²) in [6, 6.07) is 7.31. The van der Waals surface area contributed by atoms with Crippen molar-refractivity contribution in [3.8, 4) is 11.1 Å². The third-order valence-electron chi connectivity index (χ3n) is 5.19.